The minimum Gasteiger partial charge on any atom is -0.317 e. The first-order valence-corrected chi connectivity index (χ1v) is 8.07. The fourth-order valence-corrected chi connectivity index (χ4v) is 3.17. The van der Waals surface area contributed by atoms with Crippen LogP contribution in [0, 0.1) is 11.8 Å². The normalized spacial score (nSPS) is 19.4. The molecule has 0 saturated heterocycles. The number of hydrogen-bond acceptors (Lipinski definition) is 1. The largest absolute Gasteiger partial charge is 0.317 e. The van der Waals surface area contributed by atoms with Crippen molar-refractivity contribution < 1.29 is 0 Å². The van der Waals surface area contributed by atoms with Crippen molar-refractivity contribution in [3.8, 4) is 0 Å². The van der Waals surface area contributed by atoms with Gasteiger partial charge >= 0.3 is 0 Å². The Morgan fingerprint density at radius 1 is 1.00 bits per heavy atom. The van der Waals surface area contributed by atoms with Crippen molar-refractivity contribution in [2.24, 2.45) is 11.8 Å². The van der Waals surface area contributed by atoms with Crippen LogP contribution in [0.5, 0.6) is 0 Å². The molecule has 1 aliphatic rings. The zero-order chi connectivity index (χ0) is 12.3. The summed E-state index contributed by atoms with van der Waals surface area (Å²) in [5.41, 5.74) is 0. The van der Waals surface area contributed by atoms with Gasteiger partial charge in [0.15, 0.2) is 0 Å². The average Bonchev–Trinajstić information content (AvgIpc) is 2.38. The molecule has 102 valence electrons. The summed E-state index contributed by atoms with van der Waals surface area (Å²) in [6.07, 6.45) is 14.4. The van der Waals surface area contributed by atoms with Gasteiger partial charge in [0, 0.05) is 0 Å². The van der Waals surface area contributed by atoms with E-state index in [1.165, 1.54) is 77.3 Å². The van der Waals surface area contributed by atoms with E-state index in [4.69, 9.17) is 0 Å². The molecular formula is C16H33N. The summed E-state index contributed by atoms with van der Waals surface area (Å²) in [6.45, 7) is 7.14. The molecular weight excluding hydrogens is 206 g/mol. The van der Waals surface area contributed by atoms with Crippen LogP contribution in [0.15, 0.2) is 0 Å². The summed E-state index contributed by atoms with van der Waals surface area (Å²) in [6, 6.07) is 0. The molecule has 0 aromatic rings. The lowest BCUT2D eigenvalue weighted by Crippen LogP contribution is -2.22. The lowest BCUT2D eigenvalue weighted by Gasteiger charge is -2.21. The van der Waals surface area contributed by atoms with Gasteiger partial charge in [0.25, 0.3) is 0 Å². The maximum atomic E-state index is 3.66. The highest BCUT2D eigenvalue weighted by Crippen LogP contribution is 2.25. The fourth-order valence-electron chi connectivity index (χ4n) is 3.17. The summed E-state index contributed by atoms with van der Waals surface area (Å²) >= 11 is 0. The molecule has 0 aromatic carbocycles. The van der Waals surface area contributed by atoms with Gasteiger partial charge in [-0.3, -0.25) is 0 Å². The van der Waals surface area contributed by atoms with Crippen LogP contribution in [-0.4, -0.2) is 13.1 Å². The van der Waals surface area contributed by atoms with E-state index in [9.17, 15) is 0 Å². The first-order valence-electron chi connectivity index (χ1n) is 8.07. The van der Waals surface area contributed by atoms with Gasteiger partial charge in [-0.2, -0.15) is 0 Å². The van der Waals surface area contributed by atoms with Gasteiger partial charge in [0.05, 0.1) is 0 Å². The van der Waals surface area contributed by atoms with Crippen LogP contribution in [0.25, 0.3) is 0 Å². The molecule has 0 amide bonds. The third-order valence-electron chi connectivity index (χ3n) is 4.46. The molecule has 1 nitrogen and oxygen atoms in total. The molecule has 1 N–H and O–H groups in total. The van der Waals surface area contributed by atoms with Crippen LogP contribution in [0.1, 0.15) is 78.1 Å². The Morgan fingerprint density at radius 3 is 2.41 bits per heavy atom. The molecule has 1 rings (SSSR count). The predicted octanol–water partition coefficient (Wildman–Crippen LogP) is 4.76. The third-order valence-corrected chi connectivity index (χ3v) is 4.46. The molecule has 0 heterocycles. The molecule has 1 saturated carbocycles. The minimum absolute atomic E-state index is 0.960. The van der Waals surface area contributed by atoms with Crippen molar-refractivity contribution in [2.75, 3.05) is 13.1 Å². The van der Waals surface area contributed by atoms with E-state index in [0.29, 0.717) is 0 Å². The Morgan fingerprint density at radius 2 is 1.76 bits per heavy atom. The van der Waals surface area contributed by atoms with Crippen molar-refractivity contribution in [3.63, 3.8) is 0 Å². The van der Waals surface area contributed by atoms with E-state index in [1.54, 1.807) is 0 Å². The molecule has 0 spiro atoms. The molecule has 1 atom stereocenters. The summed E-state index contributed by atoms with van der Waals surface area (Å²) in [7, 11) is 0. The van der Waals surface area contributed by atoms with Crippen LogP contribution in [-0.2, 0) is 0 Å². The fraction of sp³-hybridized carbons (Fsp3) is 1.00. The van der Waals surface area contributed by atoms with Crippen LogP contribution in [0.2, 0.25) is 0 Å². The predicted molar refractivity (Wildman–Crippen MR) is 77.4 cm³/mol. The van der Waals surface area contributed by atoms with Gasteiger partial charge in [0.2, 0.25) is 0 Å². The molecule has 0 aliphatic heterocycles. The van der Waals surface area contributed by atoms with E-state index < -0.39 is 0 Å². The lowest BCUT2D eigenvalue weighted by atomic mass is 9.87. The van der Waals surface area contributed by atoms with E-state index in [-0.39, 0.29) is 0 Å². The van der Waals surface area contributed by atoms with Gasteiger partial charge in [-0.25, -0.2) is 0 Å². The van der Waals surface area contributed by atoms with Gasteiger partial charge < -0.3 is 5.32 Å². The van der Waals surface area contributed by atoms with Crippen LogP contribution >= 0.6 is 0 Å². The van der Waals surface area contributed by atoms with Gasteiger partial charge in [-0.05, 0) is 37.8 Å². The molecule has 0 radical (unpaired) electrons. The molecule has 1 heteroatoms. The quantitative estimate of drug-likeness (QED) is 0.572. The molecule has 1 fully saturated rings. The van der Waals surface area contributed by atoms with E-state index in [0.717, 1.165) is 11.8 Å². The summed E-state index contributed by atoms with van der Waals surface area (Å²) in [5.74, 6) is 2.00. The number of hydrogen-bond donors (Lipinski definition) is 1. The van der Waals surface area contributed by atoms with Gasteiger partial charge in [-0.1, -0.05) is 65.2 Å². The van der Waals surface area contributed by atoms with E-state index >= 15 is 0 Å². The van der Waals surface area contributed by atoms with Crippen LogP contribution in [0.3, 0.4) is 0 Å². The van der Waals surface area contributed by atoms with E-state index in [2.05, 4.69) is 19.2 Å². The molecule has 17 heavy (non-hydrogen) atoms. The third kappa shape index (κ3) is 7.08. The monoisotopic (exact) mass is 239 g/mol. The van der Waals surface area contributed by atoms with Crippen molar-refractivity contribution in [1.29, 1.82) is 0 Å². The van der Waals surface area contributed by atoms with Gasteiger partial charge in [-0.15, -0.1) is 0 Å². The van der Waals surface area contributed by atoms with Crippen molar-refractivity contribution in [3.05, 3.63) is 0 Å². The van der Waals surface area contributed by atoms with Gasteiger partial charge in [0.1, 0.15) is 0 Å². The second-order valence-electron chi connectivity index (χ2n) is 5.89. The lowest BCUT2D eigenvalue weighted by molar-refractivity contribution is 0.330. The minimum atomic E-state index is 0.960. The average molecular weight is 239 g/mol. The first kappa shape index (κ1) is 15.0. The standard InChI is InChI=1S/C16H33N/c1-3-8-15(4-2)11-13-17-14-12-16-9-6-5-7-10-16/h15-17H,3-14H2,1-2H3. The van der Waals surface area contributed by atoms with Crippen molar-refractivity contribution >= 4 is 0 Å². The molecule has 1 aliphatic carbocycles. The highest BCUT2D eigenvalue weighted by atomic mass is 14.8. The van der Waals surface area contributed by atoms with Crippen LogP contribution < -0.4 is 5.32 Å². The summed E-state index contributed by atoms with van der Waals surface area (Å²) in [4.78, 5) is 0. The summed E-state index contributed by atoms with van der Waals surface area (Å²) in [5, 5.41) is 3.66. The summed E-state index contributed by atoms with van der Waals surface area (Å²) < 4.78 is 0. The highest BCUT2D eigenvalue weighted by molar-refractivity contribution is 4.67. The second kappa shape index (κ2) is 9.94. The Kier molecular flexibility index (Phi) is 8.78. The highest BCUT2D eigenvalue weighted by Gasteiger charge is 2.12. The molecule has 0 aromatic heterocycles. The van der Waals surface area contributed by atoms with Crippen molar-refractivity contribution in [2.45, 2.75) is 78.1 Å². The Balaban J connectivity index is 1.92. The number of nitrogens with one attached hydrogen (secondary N) is 1. The Hall–Kier alpha value is -0.0400. The molecule has 0 bridgehead atoms. The second-order valence-corrected chi connectivity index (χ2v) is 5.89. The topological polar surface area (TPSA) is 12.0 Å². The van der Waals surface area contributed by atoms with Crippen molar-refractivity contribution in [1.82, 2.24) is 5.32 Å². The maximum Gasteiger partial charge on any atom is -0.00463 e. The zero-order valence-electron chi connectivity index (χ0n) is 12.1. The first-order chi connectivity index (χ1) is 8.36. The van der Waals surface area contributed by atoms with E-state index in [1.807, 2.05) is 0 Å². The Bertz CT molecular complexity index is 154. The SMILES string of the molecule is CCCC(CC)CCNCCC1CCCCC1. The zero-order valence-corrected chi connectivity index (χ0v) is 12.1. The maximum absolute atomic E-state index is 3.66. The molecule has 1 unspecified atom stereocenters. The Labute approximate surface area is 109 Å². The smallest absolute Gasteiger partial charge is 0.00463 e. The number of rotatable bonds is 9. The van der Waals surface area contributed by atoms with Crippen LogP contribution in [0.4, 0.5) is 0 Å².